The summed E-state index contributed by atoms with van der Waals surface area (Å²) >= 11 is 0. The maximum absolute atomic E-state index is 12.3. The van der Waals surface area contributed by atoms with Crippen LogP contribution in [0.2, 0.25) is 18.1 Å². The summed E-state index contributed by atoms with van der Waals surface area (Å²) in [6.45, 7) is 19.5. The van der Waals surface area contributed by atoms with E-state index in [9.17, 15) is 9.90 Å². The van der Waals surface area contributed by atoms with Gasteiger partial charge in [0.2, 0.25) is 5.78 Å². The van der Waals surface area contributed by atoms with E-state index in [1.807, 2.05) is 13.0 Å². The van der Waals surface area contributed by atoms with Crippen molar-refractivity contribution in [3.63, 3.8) is 0 Å². The molecule has 1 N–H and O–H groups in total. The largest absolute Gasteiger partial charge is 0.504 e. The zero-order valence-electron chi connectivity index (χ0n) is 15.6. The van der Waals surface area contributed by atoms with Crippen LogP contribution in [-0.2, 0) is 9.22 Å². The van der Waals surface area contributed by atoms with Crippen LogP contribution in [0.3, 0.4) is 0 Å². The van der Waals surface area contributed by atoms with Gasteiger partial charge in [-0.05, 0) is 36.0 Å². The van der Waals surface area contributed by atoms with Crippen LogP contribution >= 0.6 is 0 Å². The maximum Gasteiger partial charge on any atom is 0.223 e. The summed E-state index contributed by atoms with van der Waals surface area (Å²) in [5.41, 5.74) is 1.31. The molecule has 1 aliphatic rings. The second-order valence-electron chi connectivity index (χ2n) is 8.95. The number of Topliss-reactive ketones (excluding diaryl/α,β-unsaturated/α-hetero) is 1. The molecular weight excluding hydrogens is 292 g/mol. The van der Waals surface area contributed by atoms with Gasteiger partial charge >= 0.3 is 0 Å². The Morgan fingerprint density at radius 2 is 1.68 bits per heavy atom. The second kappa shape index (κ2) is 5.97. The zero-order chi connectivity index (χ0) is 17.5. The zero-order valence-corrected chi connectivity index (χ0v) is 16.6. The Kier molecular flexibility index (Phi) is 5.20. The normalized spacial score (nSPS) is 22.9. The molecule has 3 nitrogen and oxygen atoms in total. The van der Waals surface area contributed by atoms with Gasteiger partial charge in [0.15, 0.2) is 14.1 Å². The van der Waals surface area contributed by atoms with E-state index < -0.39 is 8.32 Å². The molecular formula is C18H32O3Si. The third-order valence-electron chi connectivity index (χ3n) is 4.75. The fourth-order valence-electron chi connectivity index (χ4n) is 2.23. The van der Waals surface area contributed by atoms with Crippen LogP contribution < -0.4 is 0 Å². The summed E-state index contributed by atoms with van der Waals surface area (Å²) in [6.07, 6.45) is 1.97. The van der Waals surface area contributed by atoms with E-state index >= 15 is 0 Å². The highest BCUT2D eigenvalue weighted by atomic mass is 28.4. The SMILES string of the molecule is CC1=C(O)C(=O)/C(=C\C(C)(C)C)[C@@H]1CO[Si](C)(C)C(C)(C)C. The van der Waals surface area contributed by atoms with E-state index in [4.69, 9.17) is 4.43 Å². The first-order chi connectivity index (χ1) is 9.67. The lowest BCUT2D eigenvalue weighted by Crippen LogP contribution is -2.42. The Hall–Kier alpha value is -0.873. The first-order valence-corrected chi connectivity index (χ1v) is 10.9. The van der Waals surface area contributed by atoms with E-state index in [0.717, 1.165) is 5.57 Å². The fraction of sp³-hybridized carbons (Fsp3) is 0.722. The van der Waals surface area contributed by atoms with Crippen molar-refractivity contribution in [2.24, 2.45) is 11.3 Å². The topological polar surface area (TPSA) is 46.5 Å². The van der Waals surface area contributed by atoms with E-state index in [0.29, 0.717) is 12.2 Å². The minimum Gasteiger partial charge on any atom is -0.504 e. The molecule has 0 aromatic rings. The summed E-state index contributed by atoms with van der Waals surface area (Å²) in [5, 5.41) is 10.2. The fourth-order valence-corrected chi connectivity index (χ4v) is 3.24. The van der Waals surface area contributed by atoms with Gasteiger partial charge in [0.05, 0.1) is 0 Å². The summed E-state index contributed by atoms with van der Waals surface area (Å²) < 4.78 is 6.29. The molecule has 0 amide bonds. The van der Waals surface area contributed by atoms with Gasteiger partial charge in [0, 0.05) is 18.1 Å². The predicted molar refractivity (Wildman–Crippen MR) is 94.5 cm³/mol. The Bertz CT molecular complexity index is 513. The quantitative estimate of drug-likeness (QED) is 0.586. The Morgan fingerprint density at radius 3 is 2.09 bits per heavy atom. The molecule has 0 bridgehead atoms. The van der Waals surface area contributed by atoms with Crippen LogP contribution in [0.1, 0.15) is 48.5 Å². The molecule has 1 aliphatic carbocycles. The molecule has 0 fully saturated rings. The van der Waals surface area contributed by atoms with Crippen LogP contribution in [0.4, 0.5) is 0 Å². The molecule has 0 saturated carbocycles. The highest BCUT2D eigenvalue weighted by molar-refractivity contribution is 6.74. The lowest BCUT2D eigenvalue weighted by Gasteiger charge is -2.37. The van der Waals surface area contributed by atoms with Crippen LogP contribution in [0, 0.1) is 11.3 Å². The highest BCUT2D eigenvalue weighted by Gasteiger charge is 2.41. The number of allylic oxidation sites excluding steroid dienone is 2. The van der Waals surface area contributed by atoms with Crippen LogP contribution in [0.15, 0.2) is 23.0 Å². The Balaban J connectivity index is 3.05. The second-order valence-corrected chi connectivity index (χ2v) is 13.8. The number of aliphatic hydroxyl groups is 1. The van der Waals surface area contributed by atoms with Crippen LogP contribution in [-0.4, -0.2) is 25.8 Å². The monoisotopic (exact) mass is 324 g/mol. The van der Waals surface area contributed by atoms with Crippen molar-refractivity contribution >= 4 is 14.1 Å². The van der Waals surface area contributed by atoms with Gasteiger partial charge in [-0.1, -0.05) is 47.6 Å². The van der Waals surface area contributed by atoms with Crippen molar-refractivity contribution in [1.82, 2.24) is 0 Å². The molecule has 1 rings (SSSR count). The molecule has 0 saturated heterocycles. The molecule has 22 heavy (non-hydrogen) atoms. The van der Waals surface area contributed by atoms with E-state index in [-0.39, 0.29) is 27.9 Å². The lowest BCUT2D eigenvalue weighted by atomic mass is 9.88. The number of carbonyl (C=O) groups is 1. The molecule has 0 aromatic carbocycles. The number of ketones is 1. The Labute approximate surface area is 136 Å². The van der Waals surface area contributed by atoms with Crippen molar-refractivity contribution in [2.75, 3.05) is 6.61 Å². The average Bonchev–Trinajstić information content (AvgIpc) is 2.49. The van der Waals surface area contributed by atoms with Crippen molar-refractivity contribution in [1.29, 1.82) is 0 Å². The molecule has 126 valence electrons. The van der Waals surface area contributed by atoms with Crippen molar-refractivity contribution in [3.8, 4) is 0 Å². The standard InChI is InChI=1S/C18H32O3Si/c1-12-14(11-21-22(8,9)18(5,6)7)13(10-17(2,3)4)16(20)15(12)19/h10,14,19H,11H2,1-9H3/b13-10-/t14-/m1/s1. The molecule has 0 unspecified atom stereocenters. The smallest absolute Gasteiger partial charge is 0.223 e. The van der Waals surface area contributed by atoms with E-state index in [1.54, 1.807) is 0 Å². The van der Waals surface area contributed by atoms with Crippen LogP contribution in [0.5, 0.6) is 0 Å². The average molecular weight is 325 g/mol. The molecule has 0 aromatic heterocycles. The first-order valence-electron chi connectivity index (χ1n) is 7.98. The third kappa shape index (κ3) is 4.11. The van der Waals surface area contributed by atoms with Gasteiger partial charge < -0.3 is 9.53 Å². The molecule has 0 spiro atoms. The molecule has 0 aliphatic heterocycles. The first kappa shape index (κ1) is 19.2. The number of carbonyl (C=O) groups excluding carboxylic acids is 1. The Morgan fingerprint density at radius 1 is 1.18 bits per heavy atom. The number of hydrogen-bond acceptors (Lipinski definition) is 3. The van der Waals surface area contributed by atoms with Gasteiger partial charge in [-0.2, -0.15) is 0 Å². The number of aliphatic hydroxyl groups excluding tert-OH is 1. The summed E-state index contributed by atoms with van der Waals surface area (Å²) in [5.74, 6) is -0.462. The van der Waals surface area contributed by atoms with Gasteiger partial charge in [0.25, 0.3) is 0 Å². The van der Waals surface area contributed by atoms with Crippen LogP contribution in [0.25, 0.3) is 0 Å². The highest BCUT2D eigenvalue weighted by Crippen LogP contribution is 2.40. The molecule has 4 heteroatoms. The van der Waals surface area contributed by atoms with E-state index in [2.05, 4.69) is 54.6 Å². The van der Waals surface area contributed by atoms with Gasteiger partial charge in [-0.3, -0.25) is 4.79 Å². The van der Waals surface area contributed by atoms with Crippen molar-refractivity contribution in [3.05, 3.63) is 23.0 Å². The summed E-state index contributed by atoms with van der Waals surface area (Å²) in [6, 6.07) is 0. The molecule has 0 radical (unpaired) electrons. The minimum absolute atomic E-state index is 0.0978. The van der Waals surface area contributed by atoms with Gasteiger partial charge in [0.1, 0.15) is 0 Å². The van der Waals surface area contributed by atoms with Crippen molar-refractivity contribution < 1.29 is 14.3 Å². The van der Waals surface area contributed by atoms with Crippen molar-refractivity contribution in [2.45, 2.75) is 66.6 Å². The molecule has 0 heterocycles. The maximum atomic E-state index is 12.3. The summed E-state index contributed by atoms with van der Waals surface area (Å²) in [4.78, 5) is 12.3. The lowest BCUT2D eigenvalue weighted by molar-refractivity contribution is -0.114. The summed E-state index contributed by atoms with van der Waals surface area (Å²) in [7, 11) is -1.88. The van der Waals surface area contributed by atoms with Gasteiger partial charge in [-0.25, -0.2) is 0 Å². The predicted octanol–water partition coefficient (Wildman–Crippen LogP) is 5.01. The number of rotatable bonds is 3. The van der Waals surface area contributed by atoms with Gasteiger partial charge in [-0.15, -0.1) is 0 Å². The number of hydrogen-bond donors (Lipinski definition) is 1. The third-order valence-corrected chi connectivity index (χ3v) is 9.26. The molecule has 1 atom stereocenters. The minimum atomic E-state index is -1.88. The van der Waals surface area contributed by atoms with E-state index in [1.165, 1.54) is 0 Å².